The van der Waals surface area contributed by atoms with Gasteiger partial charge in [-0.3, -0.25) is 4.79 Å². The standard InChI is InChI=1S/C11H13N5O/c1-6-4-7(2)9(8(3)5-6)12-11(17)10-13-15-16-14-10/h4-5H,1-3H3,(H,12,17)(H,13,14,15,16). The summed E-state index contributed by atoms with van der Waals surface area (Å²) in [6, 6.07) is 4.03. The van der Waals surface area contributed by atoms with E-state index in [9.17, 15) is 4.79 Å². The summed E-state index contributed by atoms with van der Waals surface area (Å²) in [6.45, 7) is 5.92. The van der Waals surface area contributed by atoms with Crippen molar-refractivity contribution in [1.29, 1.82) is 0 Å². The van der Waals surface area contributed by atoms with Gasteiger partial charge in [0.05, 0.1) is 0 Å². The van der Waals surface area contributed by atoms with E-state index in [1.165, 1.54) is 0 Å². The molecular formula is C11H13N5O. The van der Waals surface area contributed by atoms with Crippen molar-refractivity contribution < 1.29 is 4.79 Å². The second-order valence-corrected chi connectivity index (χ2v) is 3.96. The van der Waals surface area contributed by atoms with Crippen LogP contribution in [-0.2, 0) is 0 Å². The van der Waals surface area contributed by atoms with E-state index in [0.717, 1.165) is 22.4 Å². The van der Waals surface area contributed by atoms with Crippen LogP contribution in [0.1, 0.15) is 27.3 Å². The van der Waals surface area contributed by atoms with Crippen LogP contribution in [0.3, 0.4) is 0 Å². The number of anilines is 1. The van der Waals surface area contributed by atoms with Crippen LogP contribution in [0.2, 0.25) is 0 Å². The Kier molecular flexibility index (Phi) is 2.86. The van der Waals surface area contributed by atoms with Crippen LogP contribution in [0.15, 0.2) is 12.1 Å². The van der Waals surface area contributed by atoms with Gasteiger partial charge in [0.2, 0.25) is 0 Å². The predicted octanol–water partition coefficient (Wildman–Crippen LogP) is 1.38. The Balaban J connectivity index is 2.28. The highest BCUT2D eigenvalue weighted by molar-refractivity contribution is 6.02. The average molecular weight is 231 g/mol. The molecule has 17 heavy (non-hydrogen) atoms. The number of nitrogens with zero attached hydrogens (tertiary/aromatic N) is 3. The van der Waals surface area contributed by atoms with Crippen molar-refractivity contribution in [3.8, 4) is 0 Å². The van der Waals surface area contributed by atoms with Crippen LogP contribution >= 0.6 is 0 Å². The minimum Gasteiger partial charge on any atom is -0.319 e. The number of benzene rings is 1. The van der Waals surface area contributed by atoms with Crippen molar-refractivity contribution in [1.82, 2.24) is 20.6 Å². The highest BCUT2D eigenvalue weighted by atomic mass is 16.2. The molecule has 0 aliphatic heterocycles. The third-order valence-corrected chi connectivity index (χ3v) is 2.46. The predicted molar refractivity (Wildman–Crippen MR) is 62.8 cm³/mol. The molecule has 0 bridgehead atoms. The topological polar surface area (TPSA) is 83.6 Å². The number of carbonyl (C=O) groups excluding carboxylic acids is 1. The smallest absolute Gasteiger partial charge is 0.297 e. The van der Waals surface area contributed by atoms with Gasteiger partial charge in [0.1, 0.15) is 0 Å². The Labute approximate surface area is 98.4 Å². The van der Waals surface area contributed by atoms with E-state index in [0.29, 0.717) is 0 Å². The zero-order valence-electron chi connectivity index (χ0n) is 9.90. The molecule has 2 N–H and O–H groups in total. The van der Waals surface area contributed by atoms with Gasteiger partial charge in [-0.15, -0.1) is 10.2 Å². The molecule has 0 spiro atoms. The number of hydrogen-bond donors (Lipinski definition) is 2. The molecule has 0 saturated carbocycles. The summed E-state index contributed by atoms with van der Waals surface area (Å²) < 4.78 is 0. The third-order valence-electron chi connectivity index (χ3n) is 2.46. The van der Waals surface area contributed by atoms with E-state index < -0.39 is 0 Å². The van der Waals surface area contributed by atoms with Gasteiger partial charge in [0.25, 0.3) is 11.7 Å². The highest BCUT2D eigenvalue weighted by Crippen LogP contribution is 2.22. The van der Waals surface area contributed by atoms with E-state index in [4.69, 9.17) is 0 Å². The molecule has 1 aromatic heterocycles. The number of amides is 1. The van der Waals surface area contributed by atoms with Crippen LogP contribution < -0.4 is 5.32 Å². The minimum absolute atomic E-state index is 0.0318. The summed E-state index contributed by atoms with van der Waals surface area (Å²) >= 11 is 0. The van der Waals surface area contributed by atoms with Crippen molar-refractivity contribution in [2.24, 2.45) is 0 Å². The second kappa shape index (κ2) is 4.32. The lowest BCUT2D eigenvalue weighted by Gasteiger charge is -2.11. The first kappa shape index (κ1) is 11.3. The number of hydrogen-bond acceptors (Lipinski definition) is 4. The fourth-order valence-corrected chi connectivity index (χ4v) is 1.80. The van der Waals surface area contributed by atoms with E-state index in [-0.39, 0.29) is 11.7 Å². The first-order valence-electron chi connectivity index (χ1n) is 5.20. The SMILES string of the molecule is Cc1cc(C)c(NC(=O)c2nn[nH]n2)c(C)c1. The van der Waals surface area contributed by atoms with Gasteiger partial charge in [-0.25, -0.2) is 0 Å². The molecule has 1 aromatic carbocycles. The lowest BCUT2D eigenvalue weighted by atomic mass is 10.1. The first-order chi connectivity index (χ1) is 8.08. The Morgan fingerprint density at radius 2 is 1.88 bits per heavy atom. The number of aromatic amines is 1. The maximum absolute atomic E-state index is 11.8. The molecular weight excluding hydrogens is 218 g/mol. The molecule has 0 unspecified atom stereocenters. The van der Waals surface area contributed by atoms with Gasteiger partial charge in [0.15, 0.2) is 0 Å². The average Bonchev–Trinajstić information content (AvgIpc) is 2.76. The lowest BCUT2D eigenvalue weighted by Crippen LogP contribution is -2.15. The molecule has 0 atom stereocenters. The van der Waals surface area contributed by atoms with Crippen LogP contribution in [0.5, 0.6) is 0 Å². The molecule has 1 heterocycles. The van der Waals surface area contributed by atoms with Crippen LogP contribution in [0.4, 0.5) is 5.69 Å². The summed E-state index contributed by atoms with van der Waals surface area (Å²) in [6.07, 6.45) is 0. The molecule has 2 aromatic rings. The molecule has 0 aliphatic carbocycles. The van der Waals surface area contributed by atoms with Crippen molar-refractivity contribution >= 4 is 11.6 Å². The van der Waals surface area contributed by atoms with E-state index in [2.05, 4.69) is 25.9 Å². The Morgan fingerprint density at radius 3 is 2.41 bits per heavy atom. The number of nitrogens with one attached hydrogen (secondary N) is 2. The second-order valence-electron chi connectivity index (χ2n) is 3.96. The van der Waals surface area contributed by atoms with E-state index in [1.807, 2.05) is 32.9 Å². The Hall–Kier alpha value is -2.24. The van der Waals surface area contributed by atoms with Crippen molar-refractivity contribution in [3.05, 3.63) is 34.6 Å². The van der Waals surface area contributed by atoms with Crippen molar-refractivity contribution in [2.75, 3.05) is 5.32 Å². The van der Waals surface area contributed by atoms with E-state index >= 15 is 0 Å². The van der Waals surface area contributed by atoms with Crippen molar-refractivity contribution in [3.63, 3.8) is 0 Å². The summed E-state index contributed by atoms with van der Waals surface area (Å²) in [5.41, 5.74) is 3.99. The Bertz CT molecular complexity index is 524. The highest BCUT2D eigenvalue weighted by Gasteiger charge is 2.13. The zero-order chi connectivity index (χ0) is 12.4. The molecule has 88 valence electrons. The number of tetrazole rings is 1. The van der Waals surface area contributed by atoms with Crippen LogP contribution in [-0.4, -0.2) is 26.5 Å². The van der Waals surface area contributed by atoms with Gasteiger partial charge in [-0.1, -0.05) is 17.7 Å². The largest absolute Gasteiger partial charge is 0.319 e. The minimum atomic E-state index is -0.367. The Morgan fingerprint density at radius 1 is 1.24 bits per heavy atom. The molecule has 6 nitrogen and oxygen atoms in total. The maximum atomic E-state index is 11.8. The first-order valence-corrected chi connectivity index (χ1v) is 5.20. The number of aryl methyl sites for hydroxylation is 3. The fraction of sp³-hybridized carbons (Fsp3) is 0.273. The molecule has 0 saturated heterocycles. The molecule has 2 rings (SSSR count). The zero-order valence-corrected chi connectivity index (χ0v) is 9.90. The molecule has 0 radical (unpaired) electrons. The fourth-order valence-electron chi connectivity index (χ4n) is 1.80. The third kappa shape index (κ3) is 2.30. The summed E-state index contributed by atoms with van der Waals surface area (Å²) in [4.78, 5) is 11.8. The summed E-state index contributed by atoms with van der Waals surface area (Å²) in [5.74, 6) is -0.335. The normalized spacial score (nSPS) is 10.3. The molecule has 1 amide bonds. The quantitative estimate of drug-likeness (QED) is 0.817. The summed E-state index contributed by atoms with van der Waals surface area (Å²) in [7, 11) is 0. The van der Waals surface area contributed by atoms with Gasteiger partial charge < -0.3 is 5.32 Å². The van der Waals surface area contributed by atoms with Crippen LogP contribution in [0, 0.1) is 20.8 Å². The number of H-pyrrole nitrogens is 1. The van der Waals surface area contributed by atoms with Gasteiger partial charge >= 0.3 is 0 Å². The van der Waals surface area contributed by atoms with Gasteiger partial charge in [0, 0.05) is 5.69 Å². The number of aromatic nitrogens is 4. The van der Waals surface area contributed by atoms with Gasteiger partial charge in [-0.05, 0) is 37.1 Å². The number of carbonyl (C=O) groups is 1. The van der Waals surface area contributed by atoms with E-state index in [1.54, 1.807) is 0 Å². The molecule has 0 aliphatic rings. The molecule has 6 heteroatoms. The summed E-state index contributed by atoms with van der Waals surface area (Å²) in [5, 5.41) is 15.6. The van der Waals surface area contributed by atoms with Crippen molar-refractivity contribution in [2.45, 2.75) is 20.8 Å². The maximum Gasteiger partial charge on any atom is 0.297 e. The van der Waals surface area contributed by atoms with Crippen LogP contribution in [0.25, 0.3) is 0 Å². The lowest BCUT2D eigenvalue weighted by molar-refractivity contribution is 0.101. The monoisotopic (exact) mass is 231 g/mol. The van der Waals surface area contributed by atoms with Gasteiger partial charge in [-0.2, -0.15) is 5.21 Å². The molecule has 0 fully saturated rings. The number of rotatable bonds is 2.